The smallest absolute Gasteiger partial charge is 0.196 e. The Bertz CT molecular complexity index is 1820. The predicted octanol–water partition coefficient (Wildman–Crippen LogP) is 6.77. The van der Waals surface area contributed by atoms with Crippen molar-refractivity contribution in [1.82, 2.24) is 9.88 Å². The van der Waals surface area contributed by atoms with Crippen LogP contribution in [0.1, 0.15) is 52.5 Å². The third-order valence-electron chi connectivity index (χ3n) is 8.33. The average molecular weight is 524 g/mol. The Labute approximate surface area is 228 Å². The molecule has 202 valence electrons. The number of aromatic amines is 1. The van der Waals surface area contributed by atoms with Gasteiger partial charge in [0.1, 0.15) is 0 Å². The van der Waals surface area contributed by atoms with Crippen LogP contribution in [0.4, 0.5) is 5.69 Å². The van der Waals surface area contributed by atoms with Crippen LogP contribution in [0.25, 0.3) is 43.7 Å². The largest absolute Gasteiger partial charge is 0.453 e. The molecule has 0 amide bonds. The summed E-state index contributed by atoms with van der Waals surface area (Å²) in [6.07, 6.45) is 3.46. The van der Waals surface area contributed by atoms with E-state index in [1.807, 2.05) is 18.2 Å². The van der Waals surface area contributed by atoms with E-state index < -0.39 is 0 Å². The normalized spacial score (nSPS) is 15.6. The van der Waals surface area contributed by atoms with Gasteiger partial charge in [-0.1, -0.05) is 58.0 Å². The summed E-state index contributed by atoms with van der Waals surface area (Å²) in [5, 5.41) is 5.20. The number of nitrogens with zero attached hydrogens (tertiary/aromatic N) is 1. The Kier molecular flexibility index (Phi) is 6.46. The van der Waals surface area contributed by atoms with Crippen molar-refractivity contribution in [2.45, 2.75) is 52.4 Å². The van der Waals surface area contributed by atoms with Gasteiger partial charge in [-0.25, -0.2) is 0 Å². The first-order valence-electron chi connectivity index (χ1n) is 14.2. The highest BCUT2D eigenvalue weighted by atomic mass is 16.3. The van der Waals surface area contributed by atoms with Crippen LogP contribution in [0.2, 0.25) is 0 Å². The van der Waals surface area contributed by atoms with Gasteiger partial charge >= 0.3 is 0 Å². The molecule has 6 nitrogen and oxygen atoms in total. The number of hydrogen-bond acceptors (Lipinski definition) is 5. The van der Waals surface area contributed by atoms with Crippen molar-refractivity contribution in [3.8, 4) is 0 Å². The fourth-order valence-electron chi connectivity index (χ4n) is 5.85. The predicted molar refractivity (Wildman–Crippen MR) is 162 cm³/mol. The molecule has 0 bridgehead atoms. The van der Waals surface area contributed by atoms with Crippen molar-refractivity contribution >= 4 is 49.4 Å². The SMILES string of the molecule is CC1CCN(CCCNc2cc3oc4cc(C(C)(C)C)ccc4[nH]c3c3c(=O)c4ccccc4c(=O)c23)CC1. The highest BCUT2D eigenvalue weighted by Gasteiger charge is 2.21. The Balaban J connectivity index is 1.48. The Hall–Kier alpha value is -3.64. The third kappa shape index (κ3) is 4.71. The average Bonchev–Trinajstić information content (AvgIpc) is 2.92. The molecule has 5 aromatic rings. The third-order valence-corrected chi connectivity index (χ3v) is 8.33. The van der Waals surface area contributed by atoms with Gasteiger partial charge in [-0.05, 0) is 67.9 Å². The summed E-state index contributed by atoms with van der Waals surface area (Å²) in [5.41, 5.74) is 4.11. The van der Waals surface area contributed by atoms with Crippen molar-refractivity contribution < 1.29 is 4.42 Å². The number of likely N-dealkylation sites (tertiary alicyclic amines) is 1. The molecule has 6 rings (SSSR count). The second kappa shape index (κ2) is 9.83. The highest BCUT2D eigenvalue weighted by molar-refractivity contribution is 6.14. The van der Waals surface area contributed by atoms with E-state index in [4.69, 9.17) is 4.42 Å². The lowest BCUT2D eigenvalue weighted by Crippen LogP contribution is -2.34. The lowest BCUT2D eigenvalue weighted by atomic mass is 9.87. The number of piperidine rings is 1. The maximum absolute atomic E-state index is 13.9. The number of rotatable bonds is 5. The van der Waals surface area contributed by atoms with E-state index in [1.165, 1.54) is 12.8 Å². The van der Waals surface area contributed by atoms with E-state index in [2.05, 4.69) is 55.0 Å². The molecule has 39 heavy (non-hydrogen) atoms. The Morgan fingerprint density at radius 1 is 0.949 bits per heavy atom. The number of fused-ring (bicyclic) bond motifs is 5. The topological polar surface area (TPSA) is 78.3 Å². The van der Waals surface area contributed by atoms with E-state index in [9.17, 15) is 9.59 Å². The van der Waals surface area contributed by atoms with Crippen LogP contribution in [0.15, 0.2) is 62.5 Å². The van der Waals surface area contributed by atoms with Gasteiger partial charge in [0.15, 0.2) is 22.0 Å². The monoisotopic (exact) mass is 523 g/mol. The summed E-state index contributed by atoms with van der Waals surface area (Å²) in [5.74, 6) is 0.811. The number of benzene rings is 4. The van der Waals surface area contributed by atoms with Gasteiger partial charge in [-0.3, -0.25) is 9.59 Å². The summed E-state index contributed by atoms with van der Waals surface area (Å²) in [6.45, 7) is 12.9. The first kappa shape index (κ1) is 25.6. The van der Waals surface area contributed by atoms with Crippen molar-refractivity contribution in [3.05, 3.63) is 74.5 Å². The fraction of sp³-hybridized carbons (Fsp3) is 0.394. The van der Waals surface area contributed by atoms with Crippen LogP contribution >= 0.6 is 0 Å². The van der Waals surface area contributed by atoms with E-state index in [0.717, 1.165) is 48.6 Å². The fourth-order valence-corrected chi connectivity index (χ4v) is 5.85. The molecular weight excluding hydrogens is 486 g/mol. The van der Waals surface area contributed by atoms with Gasteiger partial charge in [-0.2, -0.15) is 0 Å². The molecule has 1 aromatic heterocycles. The maximum atomic E-state index is 13.9. The lowest BCUT2D eigenvalue weighted by Gasteiger charge is -2.30. The molecule has 6 heteroatoms. The molecule has 1 aliphatic rings. The molecule has 1 aliphatic heterocycles. The summed E-state index contributed by atoms with van der Waals surface area (Å²) in [4.78, 5) is 33.6. The first-order chi connectivity index (χ1) is 18.7. The van der Waals surface area contributed by atoms with E-state index in [-0.39, 0.29) is 16.3 Å². The van der Waals surface area contributed by atoms with Crippen molar-refractivity contribution in [1.29, 1.82) is 0 Å². The summed E-state index contributed by atoms with van der Waals surface area (Å²) >= 11 is 0. The number of aromatic nitrogens is 1. The van der Waals surface area contributed by atoms with E-state index in [1.54, 1.807) is 18.2 Å². The second-order valence-corrected chi connectivity index (χ2v) is 12.2. The molecule has 2 N–H and O–H groups in total. The number of nitrogens with one attached hydrogen (secondary N) is 2. The molecule has 0 aliphatic carbocycles. The number of hydrogen-bond donors (Lipinski definition) is 2. The maximum Gasteiger partial charge on any atom is 0.196 e. The van der Waals surface area contributed by atoms with Gasteiger partial charge in [0.25, 0.3) is 0 Å². The standard InChI is InChI=1S/C33H37N3O3/c1-20-12-16-36(17-13-20)15-7-14-34-25-19-27-30(35-24-11-10-21(33(2,3)4)18-26(24)39-27)29-28(25)31(37)22-8-5-6-9-23(22)32(29)38/h5-6,8-11,18-20,34-35H,7,12-17H2,1-4H3. The number of H-pyrrole nitrogens is 1. The minimum Gasteiger partial charge on any atom is -0.453 e. The van der Waals surface area contributed by atoms with Gasteiger partial charge in [0.2, 0.25) is 0 Å². The first-order valence-corrected chi connectivity index (χ1v) is 14.2. The Morgan fingerprint density at radius 2 is 1.64 bits per heavy atom. The molecule has 0 saturated carbocycles. The van der Waals surface area contributed by atoms with Crippen LogP contribution in [-0.4, -0.2) is 36.1 Å². The molecule has 4 aromatic carbocycles. The van der Waals surface area contributed by atoms with Crippen LogP contribution in [-0.2, 0) is 5.41 Å². The van der Waals surface area contributed by atoms with Crippen LogP contribution < -0.4 is 16.2 Å². The highest BCUT2D eigenvalue weighted by Crippen LogP contribution is 2.33. The summed E-state index contributed by atoms with van der Waals surface area (Å²) < 4.78 is 6.43. The minimum atomic E-state index is -0.159. The van der Waals surface area contributed by atoms with Gasteiger partial charge < -0.3 is 19.6 Å². The van der Waals surface area contributed by atoms with Crippen molar-refractivity contribution in [2.24, 2.45) is 5.92 Å². The quantitative estimate of drug-likeness (QED) is 0.151. The molecule has 0 unspecified atom stereocenters. The molecular formula is C33H37N3O3. The number of anilines is 1. The van der Waals surface area contributed by atoms with Gasteiger partial charge in [0, 0.05) is 29.1 Å². The van der Waals surface area contributed by atoms with Crippen molar-refractivity contribution in [2.75, 3.05) is 31.5 Å². The zero-order valence-corrected chi connectivity index (χ0v) is 23.3. The molecule has 1 fully saturated rings. The molecule has 0 atom stereocenters. The Morgan fingerprint density at radius 3 is 2.33 bits per heavy atom. The van der Waals surface area contributed by atoms with Crippen LogP contribution in [0.5, 0.6) is 0 Å². The van der Waals surface area contributed by atoms with Crippen LogP contribution in [0.3, 0.4) is 0 Å². The molecule has 2 heterocycles. The zero-order chi connectivity index (χ0) is 27.3. The van der Waals surface area contributed by atoms with Gasteiger partial charge in [-0.15, -0.1) is 0 Å². The van der Waals surface area contributed by atoms with Crippen molar-refractivity contribution in [3.63, 3.8) is 0 Å². The molecule has 0 spiro atoms. The second-order valence-electron chi connectivity index (χ2n) is 12.2. The van der Waals surface area contributed by atoms with Gasteiger partial charge in [0.05, 0.1) is 21.8 Å². The summed E-state index contributed by atoms with van der Waals surface area (Å²) in [6, 6.07) is 15.1. The lowest BCUT2D eigenvalue weighted by molar-refractivity contribution is 0.192. The van der Waals surface area contributed by atoms with E-state index >= 15 is 0 Å². The van der Waals surface area contributed by atoms with E-state index in [0.29, 0.717) is 44.9 Å². The minimum absolute atomic E-state index is 0.0280. The zero-order valence-electron chi connectivity index (χ0n) is 23.3. The van der Waals surface area contributed by atoms with Crippen LogP contribution in [0, 0.1) is 5.92 Å². The molecule has 0 radical (unpaired) electrons. The summed E-state index contributed by atoms with van der Waals surface area (Å²) in [7, 11) is 0. The molecule has 1 saturated heterocycles.